The monoisotopic (exact) mass is 648 g/mol. The quantitative estimate of drug-likeness (QED) is 0.0472. The first-order chi connectivity index (χ1) is 22.5. The van der Waals surface area contributed by atoms with Crippen LogP contribution >= 0.6 is 0 Å². The van der Waals surface area contributed by atoms with Gasteiger partial charge in [-0.3, -0.25) is 9.59 Å². The second-order valence-electron chi connectivity index (χ2n) is 13.8. The molecule has 0 fully saturated rings. The molecule has 0 saturated heterocycles. The molecule has 2 unspecified atom stereocenters. The fourth-order valence-electron chi connectivity index (χ4n) is 6.10. The molecule has 2 atom stereocenters. The molecule has 1 amide bonds. The first-order valence-corrected chi connectivity index (χ1v) is 19.9. The van der Waals surface area contributed by atoms with Crippen molar-refractivity contribution >= 4 is 11.7 Å². The number of aliphatic hydroxyl groups is 2. The molecule has 5 heteroatoms. The van der Waals surface area contributed by atoms with E-state index in [1.807, 2.05) is 0 Å². The van der Waals surface area contributed by atoms with Crippen LogP contribution in [0.25, 0.3) is 0 Å². The Morgan fingerprint density at radius 3 is 1.26 bits per heavy atom. The summed E-state index contributed by atoms with van der Waals surface area (Å²) in [7, 11) is 0. The normalized spacial score (nSPS) is 13.8. The lowest BCUT2D eigenvalue weighted by molar-refractivity contribution is -0.137. The van der Waals surface area contributed by atoms with E-state index in [9.17, 15) is 19.8 Å². The van der Waals surface area contributed by atoms with E-state index >= 15 is 0 Å². The van der Waals surface area contributed by atoms with E-state index < -0.39 is 18.2 Å². The van der Waals surface area contributed by atoms with Gasteiger partial charge >= 0.3 is 0 Å². The van der Waals surface area contributed by atoms with Crippen molar-refractivity contribution in [3.8, 4) is 0 Å². The summed E-state index contributed by atoms with van der Waals surface area (Å²) < 4.78 is 0. The van der Waals surface area contributed by atoms with Gasteiger partial charge in [0.1, 0.15) is 6.10 Å². The first-order valence-electron chi connectivity index (χ1n) is 19.9. The van der Waals surface area contributed by atoms with Gasteiger partial charge in [-0.2, -0.15) is 0 Å². The summed E-state index contributed by atoms with van der Waals surface area (Å²) in [6, 6.07) is 0. The van der Waals surface area contributed by atoms with Gasteiger partial charge in [0, 0.05) is 12.8 Å². The summed E-state index contributed by atoms with van der Waals surface area (Å²) in [5, 5.41) is 23.8. The van der Waals surface area contributed by atoms with Crippen molar-refractivity contribution in [2.45, 2.75) is 219 Å². The number of hydrogen-bond donors (Lipinski definition) is 3. The number of allylic oxidation sites excluding steroid dienone is 4. The molecule has 5 nitrogen and oxygen atoms in total. The zero-order valence-corrected chi connectivity index (χ0v) is 30.8. The van der Waals surface area contributed by atoms with Gasteiger partial charge in [-0.15, -0.1) is 0 Å². The standard InChI is InChI=1S/C41H77NO4/c1-4-7-9-11-13-15-17-19-21-23-25-27-29-31-33-35-38(44)40(46)41(6-3,37-43)42-39(45)36-34-32-30-28-26-24-22-20-18-16-14-12-10-8-5-2/h19-22,40,43,46H,4-18,23-37H2,1-3H3,(H,42,45)/b21-19-,22-20-. The molecule has 0 aromatic carbocycles. The first kappa shape index (κ1) is 44.5. The Kier molecular flexibility index (Phi) is 32.4. The summed E-state index contributed by atoms with van der Waals surface area (Å²) in [5.74, 6) is -0.476. The van der Waals surface area contributed by atoms with E-state index in [0.717, 1.165) is 57.8 Å². The van der Waals surface area contributed by atoms with Crippen molar-refractivity contribution in [3.05, 3.63) is 24.3 Å². The van der Waals surface area contributed by atoms with E-state index in [0.29, 0.717) is 12.8 Å². The smallest absolute Gasteiger partial charge is 0.220 e. The number of nitrogens with one attached hydrogen (secondary N) is 1. The molecule has 0 aromatic rings. The summed E-state index contributed by atoms with van der Waals surface area (Å²) >= 11 is 0. The predicted octanol–water partition coefficient (Wildman–Crippen LogP) is 11.2. The Balaban J connectivity index is 3.99. The minimum absolute atomic E-state index is 0.193. The minimum Gasteiger partial charge on any atom is -0.394 e. The molecule has 0 spiro atoms. The Morgan fingerprint density at radius 2 is 0.891 bits per heavy atom. The topological polar surface area (TPSA) is 86.6 Å². The number of rotatable bonds is 35. The molecule has 270 valence electrons. The fraction of sp³-hybridized carbons (Fsp3) is 0.854. The number of carbonyl (C=O) groups is 2. The number of unbranched alkanes of at least 4 members (excludes halogenated alkanes) is 22. The average molecular weight is 648 g/mol. The number of amides is 1. The second kappa shape index (κ2) is 33.4. The highest BCUT2D eigenvalue weighted by Gasteiger charge is 2.40. The van der Waals surface area contributed by atoms with E-state index in [1.165, 1.54) is 109 Å². The summed E-state index contributed by atoms with van der Waals surface area (Å²) in [5.41, 5.74) is -1.29. The van der Waals surface area contributed by atoms with E-state index in [-0.39, 0.29) is 18.1 Å². The van der Waals surface area contributed by atoms with Crippen LogP contribution in [0.15, 0.2) is 24.3 Å². The van der Waals surface area contributed by atoms with E-state index in [2.05, 4.69) is 43.5 Å². The van der Waals surface area contributed by atoms with Crippen LogP contribution in [0.4, 0.5) is 0 Å². The zero-order chi connectivity index (χ0) is 34.0. The third-order valence-electron chi connectivity index (χ3n) is 9.48. The maximum Gasteiger partial charge on any atom is 0.220 e. The zero-order valence-electron chi connectivity index (χ0n) is 30.8. The molecule has 0 saturated carbocycles. The van der Waals surface area contributed by atoms with Crippen molar-refractivity contribution < 1.29 is 19.8 Å². The lowest BCUT2D eigenvalue weighted by atomic mass is 9.85. The van der Waals surface area contributed by atoms with Crippen LogP contribution in [-0.2, 0) is 9.59 Å². The van der Waals surface area contributed by atoms with Crippen molar-refractivity contribution in [2.75, 3.05) is 6.61 Å². The van der Waals surface area contributed by atoms with Crippen molar-refractivity contribution in [1.82, 2.24) is 5.32 Å². The summed E-state index contributed by atoms with van der Waals surface area (Å²) in [6.45, 7) is 5.87. The Bertz CT molecular complexity index is 743. The van der Waals surface area contributed by atoms with Crippen LogP contribution in [0.3, 0.4) is 0 Å². The van der Waals surface area contributed by atoms with Gasteiger partial charge in [0.2, 0.25) is 5.91 Å². The lowest BCUT2D eigenvalue weighted by Gasteiger charge is -2.35. The molecule has 0 aliphatic rings. The largest absolute Gasteiger partial charge is 0.394 e. The van der Waals surface area contributed by atoms with E-state index in [1.54, 1.807) is 6.92 Å². The Hall–Kier alpha value is -1.46. The minimum atomic E-state index is -1.38. The van der Waals surface area contributed by atoms with Crippen molar-refractivity contribution in [1.29, 1.82) is 0 Å². The SMILES string of the molecule is CCCCCCCC/C=C\CCCCCCCC(=O)NC(CC)(CO)C(O)C(=O)CCCCCCC/C=C\CCCCCCCC. The maximum absolute atomic E-state index is 12.8. The van der Waals surface area contributed by atoms with Gasteiger partial charge in [-0.05, 0) is 70.6 Å². The molecule has 0 radical (unpaired) electrons. The number of ketones is 1. The molecular weight excluding hydrogens is 570 g/mol. The molecule has 0 aliphatic carbocycles. The molecule has 0 bridgehead atoms. The summed E-state index contributed by atoms with van der Waals surface area (Å²) in [6.07, 6.45) is 40.0. The highest BCUT2D eigenvalue weighted by Crippen LogP contribution is 2.20. The predicted molar refractivity (Wildman–Crippen MR) is 198 cm³/mol. The van der Waals surface area contributed by atoms with Crippen LogP contribution in [0.2, 0.25) is 0 Å². The van der Waals surface area contributed by atoms with Gasteiger partial charge in [-0.25, -0.2) is 0 Å². The number of carbonyl (C=O) groups excluding carboxylic acids is 2. The van der Waals surface area contributed by atoms with E-state index in [4.69, 9.17) is 0 Å². The molecule has 0 heterocycles. The number of hydrogen-bond acceptors (Lipinski definition) is 4. The fourth-order valence-corrected chi connectivity index (χ4v) is 6.10. The van der Waals surface area contributed by atoms with Crippen LogP contribution in [0, 0.1) is 0 Å². The van der Waals surface area contributed by atoms with Gasteiger partial charge < -0.3 is 15.5 Å². The third-order valence-corrected chi connectivity index (χ3v) is 9.48. The highest BCUT2D eigenvalue weighted by molar-refractivity contribution is 5.86. The van der Waals surface area contributed by atoms with Crippen LogP contribution in [-0.4, -0.2) is 40.2 Å². The lowest BCUT2D eigenvalue weighted by Crippen LogP contribution is -2.61. The van der Waals surface area contributed by atoms with Crippen molar-refractivity contribution in [3.63, 3.8) is 0 Å². The average Bonchev–Trinajstić information content (AvgIpc) is 3.06. The molecule has 0 aliphatic heterocycles. The van der Waals surface area contributed by atoms with Gasteiger partial charge in [0.15, 0.2) is 5.78 Å². The second-order valence-corrected chi connectivity index (χ2v) is 13.8. The number of Topliss-reactive ketones (excluding diaryl/α,β-unsaturated/α-hetero) is 1. The summed E-state index contributed by atoms with van der Waals surface area (Å²) in [4.78, 5) is 25.5. The van der Waals surface area contributed by atoms with Crippen LogP contribution < -0.4 is 5.32 Å². The number of aliphatic hydroxyl groups excluding tert-OH is 2. The Labute approximate surface area is 285 Å². The maximum atomic E-state index is 12.8. The van der Waals surface area contributed by atoms with Crippen LogP contribution in [0.5, 0.6) is 0 Å². The molecule has 0 rings (SSSR count). The third kappa shape index (κ3) is 25.6. The van der Waals surface area contributed by atoms with Crippen LogP contribution in [0.1, 0.15) is 207 Å². The molecule has 0 aromatic heterocycles. The molecular formula is C41H77NO4. The Morgan fingerprint density at radius 1 is 0.543 bits per heavy atom. The molecule has 46 heavy (non-hydrogen) atoms. The van der Waals surface area contributed by atoms with Gasteiger partial charge in [-0.1, -0.05) is 148 Å². The highest BCUT2D eigenvalue weighted by atomic mass is 16.3. The van der Waals surface area contributed by atoms with Gasteiger partial charge in [0.05, 0.1) is 12.1 Å². The van der Waals surface area contributed by atoms with Crippen molar-refractivity contribution in [2.24, 2.45) is 0 Å². The molecule has 3 N–H and O–H groups in total. The van der Waals surface area contributed by atoms with Gasteiger partial charge in [0.25, 0.3) is 0 Å².